The number of fused-ring (bicyclic) bond motifs is 4. The van der Waals surface area contributed by atoms with Crippen molar-refractivity contribution >= 4 is 25.9 Å². The smallest absolute Gasteiger partial charge is 0.308 e. The van der Waals surface area contributed by atoms with Crippen molar-refractivity contribution in [3.05, 3.63) is 0 Å². The predicted molar refractivity (Wildman–Crippen MR) is 146 cm³/mol. The highest BCUT2D eigenvalue weighted by atomic mass is 28.4. The summed E-state index contributed by atoms with van der Waals surface area (Å²) in [6.45, 7) is 20.8. The average molecular weight is 555 g/mol. The zero-order chi connectivity index (χ0) is 28.7. The molecule has 1 unspecified atom stereocenters. The first-order valence-corrected chi connectivity index (χ1v) is 16.6. The third kappa shape index (κ3) is 5.97. The molecule has 4 bridgehead atoms. The summed E-state index contributed by atoms with van der Waals surface area (Å²) in [5.74, 6) is -2.12. The summed E-state index contributed by atoms with van der Waals surface area (Å²) in [5, 5.41) is 10.6. The first-order valence-electron chi connectivity index (χ1n) is 14.5. The summed E-state index contributed by atoms with van der Waals surface area (Å²) in [6.07, 6.45) is -3.29. The molecule has 3 rings (SSSR count). The fourth-order valence-electron chi connectivity index (χ4n) is 7.23. The van der Waals surface area contributed by atoms with E-state index in [0.717, 1.165) is 0 Å². The lowest BCUT2D eigenvalue weighted by Crippen LogP contribution is -2.55. The van der Waals surface area contributed by atoms with Crippen LogP contribution >= 0.6 is 0 Å². The maximum atomic E-state index is 13.2. The van der Waals surface area contributed by atoms with Crippen molar-refractivity contribution in [3.63, 3.8) is 0 Å². The number of carbonyl (C=O) groups is 3. The van der Waals surface area contributed by atoms with Crippen LogP contribution in [0.15, 0.2) is 0 Å². The second kappa shape index (κ2) is 11.8. The maximum Gasteiger partial charge on any atom is 0.308 e. The van der Waals surface area contributed by atoms with Crippen molar-refractivity contribution < 1.29 is 38.1 Å². The van der Waals surface area contributed by atoms with Crippen molar-refractivity contribution in [2.24, 2.45) is 17.3 Å². The quantitative estimate of drug-likeness (QED) is 0.289. The molecule has 0 spiro atoms. The highest BCUT2D eigenvalue weighted by molar-refractivity contribution is 6.77. The van der Waals surface area contributed by atoms with Gasteiger partial charge in [-0.3, -0.25) is 14.4 Å². The molecule has 0 amide bonds. The molecule has 3 fully saturated rings. The fourth-order valence-corrected chi connectivity index (χ4v) is 12.9. The van der Waals surface area contributed by atoms with Crippen LogP contribution in [0.3, 0.4) is 0 Å². The normalized spacial score (nSPS) is 37.1. The summed E-state index contributed by atoms with van der Waals surface area (Å²) in [6, 6.07) is 0. The standard InChI is InChI=1S/C29H50O8Si/c1-15(2)38(16(3)4,17(5)6)37-23-13-20-12-21(30)26(32)18(7)11-24-29(9,10)27(28(33)35-24)36-25(31)14-22(34-20)19(23)8/h15-20,22-24,27-28,33H,11-14H2,1-10H3/t18-,19+,20-,22+,23+,24-,27-,28?/m1/s1. The van der Waals surface area contributed by atoms with Crippen molar-refractivity contribution in [1.29, 1.82) is 0 Å². The van der Waals surface area contributed by atoms with Crippen LogP contribution in [-0.4, -0.2) is 67.8 Å². The Balaban J connectivity index is 1.96. The molecule has 0 aromatic heterocycles. The molecular formula is C29H50O8Si. The molecule has 3 heterocycles. The zero-order valence-electron chi connectivity index (χ0n) is 25.0. The van der Waals surface area contributed by atoms with Gasteiger partial charge in [0.2, 0.25) is 19.9 Å². The topological polar surface area (TPSA) is 108 Å². The van der Waals surface area contributed by atoms with Gasteiger partial charge in [0.25, 0.3) is 0 Å². The average Bonchev–Trinajstić information content (AvgIpc) is 3.00. The van der Waals surface area contributed by atoms with E-state index in [9.17, 15) is 19.5 Å². The van der Waals surface area contributed by atoms with Crippen molar-refractivity contribution in [3.8, 4) is 0 Å². The van der Waals surface area contributed by atoms with Gasteiger partial charge in [-0.25, -0.2) is 0 Å². The lowest BCUT2D eigenvalue weighted by molar-refractivity contribution is -0.182. The van der Waals surface area contributed by atoms with Crippen molar-refractivity contribution in [1.82, 2.24) is 0 Å². The van der Waals surface area contributed by atoms with Crippen LogP contribution in [0.25, 0.3) is 0 Å². The first kappa shape index (κ1) is 31.4. The Labute approximate surface area is 229 Å². The number of aliphatic hydroxyl groups is 1. The van der Waals surface area contributed by atoms with E-state index in [1.807, 2.05) is 20.8 Å². The highest BCUT2D eigenvalue weighted by Gasteiger charge is 2.54. The molecule has 0 aromatic rings. The Kier molecular flexibility index (Phi) is 9.72. The SMILES string of the molecule is CC(C)[Si](O[C@H]1C[C@H]2CC(=O)C(=O)[C@H](C)C[C@H]3OC(O)[C@@H](OC(=O)C[C@H](O2)[C@@H]1C)C3(C)C)(C(C)C)C(C)C. The largest absolute Gasteiger partial charge is 0.456 e. The van der Waals surface area contributed by atoms with Gasteiger partial charge in [-0.2, -0.15) is 0 Å². The minimum absolute atomic E-state index is 0.0282. The third-order valence-electron chi connectivity index (χ3n) is 9.55. The first-order chi connectivity index (χ1) is 17.5. The number of ketones is 2. The van der Waals surface area contributed by atoms with E-state index in [1.165, 1.54) is 0 Å². The zero-order valence-corrected chi connectivity index (χ0v) is 26.0. The van der Waals surface area contributed by atoms with Crippen LogP contribution in [0.4, 0.5) is 0 Å². The molecule has 0 aromatic carbocycles. The molecule has 218 valence electrons. The fraction of sp³-hybridized carbons (Fsp3) is 0.897. The number of ether oxygens (including phenoxy) is 3. The van der Waals surface area contributed by atoms with Crippen LogP contribution < -0.4 is 0 Å². The molecule has 3 saturated heterocycles. The second-order valence-corrected chi connectivity index (χ2v) is 18.9. The molecule has 8 nitrogen and oxygen atoms in total. The van der Waals surface area contributed by atoms with E-state index in [-0.39, 0.29) is 31.3 Å². The Morgan fingerprint density at radius 1 is 0.921 bits per heavy atom. The third-order valence-corrected chi connectivity index (χ3v) is 15.7. The number of carbonyl (C=O) groups excluding carboxylic acids is 3. The molecule has 38 heavy (non-hydrogen) atoms. The Hall–Kier alpha value is -1.13. The molecule has 0 aliphatic carbocycles. The lowest BCUT2D eigenvalue weighted by atomic mass is 9.78. The molecule has 0 saturated carbocycles. The van der Waals surface area contributed by atoms with Gasteiger partial charge >= 0.3 is 5.97 Å². The minimum atomic E-state index is -2.26. The number of hydrogen-bond donors (Lipinski definition) is 1. The summed E-state index contributed by atoms with van der Waals surface area (Å²) >= 11 is 0. The number of rotatable bonds is 5. The lowest BCUT2D eigenvalue weighted by Gasteiger charge is -2.49. The van der Waals surface area contributed by atoms with Gasteiger partial charge in [0.15, 0.2) is 12.4 Å². The minimum Gasteiger partial charge on any atom is -0.456 e. The Morgan fingerprint density at radius 2 is 1.50 bits per heavy atom. The molecule has 1 N–H and O–H groups in total. The summed E-state index contributed by atoms with van der Waals surface area (Å²) in [5.41, 5.74) is 0.391. The Morgan fingerprint density at radius 3 is 2.05 bits per heavy atom. The van der Waals surface area contributed by atoms with Crippen molar-refractivity contribution in [2.75, 3.05) is 0 Å². The second-order valence-electron chi connectivity index (χ2n) is 13.4. The van der Waals surface area contributed by atoms with Crippen LogP contribution in [0.5, 0.6) is 0 Å². The van der Waals surface area contributed by atoms with Gasteiger partial charge < -0.3 is 23.7 Å². The predicted octanol–water partition coefficient (Wildman–Crippen LogP) is 4.95. The van der Waals surface area contributed by atoms with Crippen molar-refractivity contribution in [2.45, 2.75) is 148 Å². The van der Waals surface area contributed by atoms with Gasteiger partial charge in [-0.05, 0) is 29.5 Å². The van der Waals surface area contributed by atoms with Gasteiger partial charge in [-0.15, -0.1) is 0 Å². The van der Waals surface area contributed by atoms with E-state index >= 15 is 0 Å². The van der Waals surface area contributed by atoms with E-state index in [0.29, 0.717) is 23.0 Å². The Bertz CT molecular complexity index is 862. The van der Waals surface area contributed by atoms with Gasteiger partial charge in [0, 0.05) is 23.7 Å². The number of esters is 1. The molecule has 0 radical (unpaired) electrons. The van der Waals surface area contributed by atoms with Crippen LogP contribution in [0.1, 0.15) is 94.9 Å². The summed E-state index contributed by atoms with van der Waals surface area (Å²) < 4.78 is 25.0. The van der Waals surface area contributed by atoms with Crippen LogP contribution in [0.2, 0.25) is 16.6 Å². The molecular weight excluding hydrogens is 504 g/mol. The molecule has 9 heteroatoms. The van der Waals surface area contributed by atoms with E-state index in [1.54, 1.807) is 6.92 Å². The van der Waals surface area contributed by atoms with Gasteiger partial charge in [0.1, 0.15) is 0 Å². The highest BCUT2D eigenvalue weighted by Crippen LogP contribution is 2.46. The monoisotopic (exact) mass is 554 g/mol. The number of aliphatic hydroxyl groups excluding tert-OH is 1. The number of hydrogen-bond acceptors (Lipinski definition) is 8. The van der Waals surface area contributed by atoms with E-state index in [2.05, 4.69) is 41.5 Å². The van der Waals surface area contributed by atoms with E-state index in [4.69, 9.17) is 18.6 Å². The number of Topliss-reactive ketones (excluding diaryl/α,β-unsaturated/α-hetero) is 2. The van der Waals surface area contributed by atoms with E-state index < -0.39 is 67.9 Å². The van der Waals surface area contributed by atoms with Gasteiger partial charge in [-0.1, -0.05) is 69.2 Å². The maximum absolute atomic E-state index is 13.2. The molecule has 3 aliphatic heterocycles. The molecule has 3 aliphatic rings. The summed E-state index contributed by atoms with van der Waals surface area (Å²) in [4.78, 5) is 39.4. The van der Waals surface area contributed by atoms with Gasteiger partial charge in [0.05, 0.1) is 30.8 Å². The van der Waals surface area contributed by atoms with Crippen LogP contribution in [-0.2, 0) is 33.0 Å². The molecule has 8 atom stereocenters. The van der Waals surface area contributed by atoms with Crippen LogP contribution in [0, 0.1) is 17.3 Å². The summed E-state index contributed by atoms with van der Waals surface area (Å²) in [7, 11) is -2.26.